The van der Waals surface area contributed by atoms with Crippen LogP contribution >= 0.6 is 11.3 Å². The Morgan fingerprint density at radius 3 is 3.20 bits per heavy atom. The van der Waals surface area contributed by atoms with Gasteiger partial charge >= 0.3 is 0 Å². The number of aryl methyl sites for hydroxylation is 1. The zero-order valence-corrected chi connectivity index (χ0v) is 11.8. The predicted molar refractivity (Wildman–Crippen MR) is 75.6 cm³/mol. The van der Waals surface area contributed by atoms with Gasteiger partial charge in [0.15, 0.2) is 5.82 Å². The van der Waals surface area contributed by atoms with Crippen molar-refractivity contribution in [2.24, 2.45) is 7.05 Å². The normalized spacial score (nSPS) is 13.6. The molecule has 20 heavy (non-hydrogen) atoms. The third-order valence-corrected chi connectivity index (χ3v) is 4.44. The van der Waals surface area contributed by atoms with Crippen molar-refractivity contribution in [3.05, 3.63) is 34.2 Å². The van der Waals surface area contributed by atoms with Crippen LogP contribution in [-0.2, 0) is 20.0 Å². The van der Waals surface area contributed by atoms with E-state index in [1.54, 1.807) is 24.0 Å². The lowest BCUT2D eigenvalue weighted by atomic mass is 10.1. The Kier molecular flexibility index (Phi) is 3.26. The molecule has 3 heterocycles. The molecule has 6 nitrogen and oxygen atoms in total. The molecule has 1 aliphatic rings. The molecular weight excluding hydrogens is 274 g/mol. The number of imidazole rings is 1. The predicted octanol–water partition coefficient (Wildman–Crippen LogP) is 1.25. The van der Waals surface area contributed by atoms with E-state index in [9.17, 15) is 10.1 Å². The number of fused-ring (bicyclic) bond motifs is 1. The monoisotopic (exact) mass is 287 g/mol. The summed E-state index contributed by atoms with van der Waals surface area (Å²) in [6.45, 7) is 1.62. The molecular formula is C13H13N5OS. The Balaban J connectivity index is 1.92. The zero-order chi connectivity index (χ0) is 14.1. The molecule has 0 atom stereocenters. The molecule has 7 heteroatoms. The minimum atomic E-state index is -0.291. The Hall–Kier alpha value is -2.17. The van der Waals surface area contributed by atoms with Crippen molar-refractivity contribution in [1.29, 1.82) is 5.26 Å². The van der Waals surface area contributed by atoms with E-state index in [1.165, 1.54) is 11.3 Å². The van der Waals surface area contributed by atoms with E-state index in [2.05, 4.69) is 21.7 Å². The van der Waals surface area contributed by atoms with Crippen LogP contribution in [0, 0.1) is 11.3 Å². The van der Waals surface area contributed by atoms with E-state index in [1.807, 2.05) is 0 Å². The molecule has 102 valence electrons. The summed E-state index contributed by atoms with van der Waals surface area (Å²) in [5.74, 6) is 0.0407. The summed E-state index contributed by atoms with van der Waals surface area (Å²) in [4.78, 5) is 17.3. The van der Waals surface area contributed by atoms with E-state index in [0.717, 1.165) is 30.0 Å². The van der Waals surface area contributed by atoms with Crippen LogP contribution in [0.25, 0.3) is 0 Å². The maximum Gasteiger partial charge on any atom is 0.292 e. The van der Waals surface area contributed by atoms with Crippen LogP contribution < -0.4 is 10.6 Å². The number of carbonyl (C=O) groups is 1. The molecule has 2 aromatic rings. The molecule has 1 aliphatic heterocycles. The van der Waals surface area contributed by atoms with Crippen molar-refractivity contribution in [3.8, 4) is 6.07 Å². The number of hydrogen-bond acceptors (Lipinski definition) is 5. The fraction of sp³-hybridized carbons (Fsp3) is 0.308. The van der Waals surface area contributed by atoms with Crippen LogP contribution in [0.5, 0.6) is 0 Å². The Bertz CT molecular complexity index is 709. The number of nitrogens with zero attached hydrogens (tertiary/aromatic N) is 3. The van der Waals surface area contributed by atoms with Crippen molar-refractivity contribution in [2.75, 3.05) is 11.9 Å². The molecule has 0 spiro atoms. The summed E-state index contributed by atoms with van der Waals surface area (Å²) in [6, 6.07) is 2.21. The second kappa shape index (κ2) is 5.07. The van der Waals surface area contributed by atoms with Crippen LogP contribution in [0.4, 0.5) is 5.00 Å². The van der Waals surface area contributed by atoms with Gasteiger partial charge in [0.05, 0.1) is 5.56 Å². The number of amides is 1. The standard InChI is InChI=1S/C13H13N5OS/c1-18-5-4-16-11(18)12(19)17-13-9(6-14)8-2-3-15-7-10(8)20-13/h4-5,15H,2-3,7H2,1H3,(H,17,19). The van der Waals surface area contributed by atoms with Crippen molar-refractivity contribution in [1.82, 2.24) is 14.9 Å². The minimum absolute atomic E-state index is 0.291. The van der Waals surface area contributed by atoms with Gasteiger partial charge in [-0.2, -0.15) is 5.26 Å². The maximum absolute atomic E-state index is 12.2. The van der Waals surface area contributed by atoms with Gasteiger partial charge < -0.3 is 15.2 Å². The number of rotatable bonds is 2. The van der Waals surface area contributed by atoms with Crippen LogP contribution in [0.15, 0.2) is 12.4 Å². The highest BCUT2D eigenvalue weighted by Crippen LogP contribution is 2.34. The number of aromatic nitrogens is 2. The van der Waals surface area contributed by atoms with Gasteiger partial charge in [-0.1, -0.05) is 0 Å². The van der Waals surface area contributed by atoms with E-state index >= 15 is 0 Å². The Morgan fingerprint density at radius 2 is 2.50 bits per heavy atom. The maximum atomic E-state index is 12.2. The molecule has 3 rings (SSSR count). The number of hydrogen-bond donors (Lipinski definition) is 2. The van der Waals surface area contributed by atoms with Crippen molar-refractivity contribution in [2.45, 2.75) is 13.0 Å². The highest BCUT2D eigenvalue weighted by Gasteiger charge is 2.22. The summed E-state index contributed by atoms with van der Waals surface area (Å²) in [5, 5.41) is 16.0. The lowest BCUT2D eigenvalue weighted by Gasteiger charge is -2.11. The van der Waals surface area contributed by atoms with Gasteiger partial charge in [0.1, 0.15) is 11.1 Å². The van der Waals surface area contributed by atoms with Crippen molar-refractivity contribution >= 4 is 22.2 Å². The summed E-state index contributed by atoms with van der Waals surface area (Å²) in [6.07, 6.45) is 4.11. The largest absolute Gasteiger partial charge is 0.330 e. The Labute approximate surface area is 120 Å². The fourth-order valence-corrected chi connectivity index (χ4v) is 3.45. The number of anilines is 1. The molecule has 1 amide bonds. The molecule has 0 unspecified atom stereocenters. The van der Waals surface area contributed by atoms with Gasteiger partial charge in [-0.25, -0.2) is 4.98 Å². The molecule has 2 N–H and O–H groups in total. The third-order valence-electron chi connectivity index (χ3n) is 3.29. The van der Waals surface area contributed by atoms with Gasteiger partial charge in [-0.15, -0.1) is 11.3 Å². The second-order valence-electron chi connectivity index (χ2n) is 4.56. The summed E-state index contributed by atoms with van der Waals surface area (Å²) in [5.41, 5.74) is 1.65. The number of carbonyl (C=O) groups excluding carboxylic acids is 1. The van der Waals surface area contributed by atoms with Crippen LogP contribution in [-0.4, -0.2) is 22.0 Å². The molecule has 0 fully saturated rings. The first-order valence-electron chi connectivity index (χ1n) is 6.24. The first kappa shape index (κ1) is 12.8. The fourth-order valence-electron chi connectivity index (χ4n) is 2.28. The molecule has 0 aromatic carbocycles. The van der Waals surface area contributed by atoms with Gasteiger partial charge in [-0.3, -0.25) is 4.79 Å². The molecule has 0 saturated heterocycles. The molecule has 0 radical (unpaired) electrons. The molecule has 0 bridgehead atoms. The van der Waals surface area contributed by atoms with Gasteiger partial charge in [0.2, 0.25) is 0 Å². The van der Waals surface area contributed by atoms with Crippen LogP contribution in [0.3, 0.4) is 0 Å². The summed E-state index contributed by atoms with van der Waals surface area (Å²) >= 11 is 1.46. The topological polar surface area (TPSA) is 82.7 Å². The second-order valence-corrected chi connectivity index (χ2v) is 5.67. The number of nitriles is 1. The quantitative estimate of drug-likeness (QED) is 0.871. The van der Waals surface area contributed by atoms with E-state index < -0.39 is 0 Å². The SMILES string of the molecule is Cn1ccnc1C(=O)Nc1sc2c(c1C#N)CCNC2. The first-order valence-corrected chi connectivity index (χ1v) is 7.06. The van der Waals surface area contributed by atoms with Gasteiger partial charge in [0.25, 0.3) is 5.91 Å². The van der Waals surface area contributed by atoms with Crippen LogP contribution in [0.2, 0.25) is 0 Å². The van der Waals surface area contributed by atoms with E-state index in [0.29, 0.717) is 16.4 Å². The van der Waals surface area contributed by atoms with Crippen molar-refractivity contribution in [3.63, 3.8) is 0 Å². The molecule has 0 aliphatic carbocycles. The lowest BCUT2D eigenvalue weighted by Crippen LogP contribution is -2.22. The minimum Gasteiger partial charge on any atom is -0.330 e. The average molecular weight is 287 g/mol. The highest BCUT2D eigenvalue weighted by molar-refractivity contribution is 7.16. The first-order chi connectivity index (χ1) is 9.70. The highest BCUT2D eigenvalue weighted by atomic mass is 32.1. The lowest BCUT2D eigenvalue weighted by molar-refractivity contribution is 0.101. The molecule has 2 aromatic heterocycles. The van der Waals surface area contributed by atoms with Crippen LogP contribution in [0.1, 0.15) is 26.6 Å². The van der Waals surface area contributed by atoms with Crippen molar-refractivity contribution < 1.29 is 4.79 Å². The summed E-state index contributed by atoms with van der Waals surface area (Å²) in [7, 11) is 1.76. The zero-order valence-electron chi connectivity index (χ0n) is 10.9. The summed E-state index contributed by atoms with van der Waals surface area (Å²) < 4.78 is 1.65. The van der Waals surface area contributed by atoms with E-state index in [-0.39, 0.29) is 5.91 Å². The number of thiophene rings is 1. The Morgan fingerprint density at radius 1 is 1.65 bits per heavy atom. The van der Waals surface area contributed by atoms with Gasteiger partial charge in [0, 0.05) is 30.9 Å². The average Bonchev–Trinajstić information content (AvgIpc) is 3.01. The van der Waals surface area contributed by atoms with Gasteiger partial charge in [-0.05, 0) is 18.5 Å². The van der Waals surface area contributed by atoms with E-state index in [4.69, 9.17) is 0 Å². The number of nitrogens with one attached hydrogen (secondary N) is 2. The third kappa shape index (κ3) is 2.09. The smallest absolute Gasteiger partial charge is 0.292 e. The molecule has 0 saturated carbocycles.